The van der Waals surface area contributed by atoms with E-state index in [0.29, 0.717) is 6.54 Å². The van der Waals surface area contributed by atoms with E-state index in [-0.39, 0.29) is 24.0 Å². The molecule has 1 aliphatic rings. The quantitative estimate of drug-likeness (QED) is 0.440. The molecule has 0 spiro atoms. The Bertz CT molecular complexity index is 683. The maximum Gasteiger partial charge on any atom is 0.194 e. The molecule has 25 heavy (non-hydrogen) atoms. The number of piperazine rings is 1. The zero-order valence-electron chi connectivity index (χ0n) is 14.7. The van der Waals surface area contributed by atoms with E-state index < -0.39 is 0 Å². The second kappa shape index (κ2) is 9.55. The monoisotopic (exact) mass is 452 g/mol. The van der Waals surface area contributed by atoms with Gasteiger partial charge in [0.2, 0.25) is 0 Å². The molecule has 0 bridgehead atoms. The molecule has 3 rings (SSSR count). The minimum absolute atomic E-state index is 0. The normalized spacial score (nSPS) is 14.9. The molecular weight excluding hydrogens is 427 g/mol. The van der Waals surface area contributed by atoms with Gasteiger partial charge in [-0.25, -0.2) is 4.98 Å². The highest BCUT2D eigenvalue weighted by atomic mass is 127. The Labute approximate surface area is 166 Å². The van der Waals surface area contributed by atoms with Crippen LogP contribution in [0.1, 0.15) is 11.3 Å². The lowest BCUT2D eigenvalue weighted by Gasteiger charge is -2.37. The number of rotatable bonds is 3. The predicted molar refractivity (Wildman–Crippen MR) is 113 cm³/mol. The summed E-state index contributed by atoms with van der Waals surface area (Å²) in [6, 6.07) is 10.1. The summed E-state index contributed by atoms with van der Waals surface area (Å²) >= 11 is 0. The number of guanidine groups is 1. The van der Waals surface area contributed by atoms with Crippen LogP contribution in [-0.2, 0) is 6.54 Å². The van der Waals surface area contributed by atoms with Gasteiger partial charge in [-0.2, -0.15) is 0 Å². The van der Waals surface area contributed by atoms with Crippen molar-refractivity contribution in [3.05, 3.63) is 54.0 Å². The van der Waals surface area contributed by atoms with Crippen LogP contribution in [0.25, 0.3) is 0 Å². The van der Waals surface area contributed by atoms with Gasteiger partial charge in [0.15, 0.2) is 5.96 Å². The Morgan fingerprint density at radius 2 is 1.84 bits per heavy atom. The van der Waals surface area contributed by atoms with Crippen molar-refractivity contribution in [1.82, 2.24) is 20.2 Å². The van der Waals surface area contributed by atoms with Crippen molar-refractivity contribution < 1.29 is 0 Å². The summed E-state index contributed by atoms with van der Waals surface area (Å²) in [4.78, 5) is 17.9. The lowest BCUT2D eigenvalue weighted by atomic mass is 10.2. The molecular formula is C18H25IN6. The van der Waals surface area contributed by atoms with Gasteiger partial charge in [0.25, 0.3) is 0 Å². The first-order valence-electron chi connectivity index (χ1n) is 8.30. The lowest BCUT2D eigenvalue weighted by molar-refractivity contribution is 0.371. The molecule has 0 aromatic carbocycles. The number of aryl methyl sites for hydroxylation is 1. The fraction of sp³-hybridized carbons (Fsp3) is 0.389. The van der Waals surface area contributed by atoms with Crippen LogP contribution in [0.3, 0.4) is 0 Å². The molecule has 7 heteroatoms. The minimum Gasteiger partial charge on any atom is -0.353 e. The van der Waals surface area contributed by atoms with Gasteiger partial charge in [-0.3, -0.25) is 9.98 Å². The van der Waals surface area contributed by atoms with E-state index in [1.807, 2.05) is 37.6 Å². The second-order valence-corrected chi connectivity index (χ2v) is 5.83. The number of hydrogen-bond acceptors (Lipinski definition) is 4. The first kappa shape index (κ1) is 19.4. The van der Waals surface area contributed by atoms with E-state index in [0.717, 1.165) is 43.7 Å². The molecule has 0 unspecified atom stereocenters. The Morgan fingerprint density at radius 3 is 2.48 bits per heavy atom. The fourth-order valence-corrected chi connectivity index (χ4v) is 2.89. The van der Waals surface area contributed by atoms with Crippen LogP contribution in [-0.4, -0.2) is 54.1 Å². The summed E-state index contributed by atoms with van der Waals surface area (Å²) in [6.07, 6.45) is 3.68. The Kier molecular flexibility index (Phi) is 7.42. The van der Waals surface area contributed by atoms with Crippen LogP contribution < -0.4 is 10.2 Å². The Morgan fingerprint density at radius 1 is 1.08 bits per heavy atom. The largest absolute Gasteiger partial charge is 0.353 e. The highest BCUT2D eigenvalue weighted by Crippen LogP contribution is 2.12. The molecule has 1 saturated heterocycles. The van der Waals surface area contributed by atoms with Crippen LogP contribution in [0.15, 0.2) is 47.7 Å². The van der Waals surface area contributed by atoms with Crippen LogP contribution in [0, 0.1) is 6.92 Å². The molecule has 1 N–H and O–H groups in total. The number of aromatic nitrogens is 2. The molecule has 0 amide bonds. The average molecular weight is 452 g/mol. The molecule has 2 aromatic heterocycles. The van der Waals surface area contributed by atoms with Crippen molar-refractivity contribution in [1.29, 1.82) is 0 Å². The third kappa shape index (κ3) is 5.04. The number of pyridine rings is 2. The second-order valence-electron chi connectivity index (χ2n) is 5.83. The van der Waals surface area contributed by atoms with Crippen LogP contribution in [0.2, 0.25) is 0 Å². The summed E-state index contributed by atoms with van der Waals surface area (Å²) in [5.74, 6) is 1.98. The Balaban J connectivity index is 0.00000225. The maximum atomic E-state index is 4.43. The van der Waals surface area contributed by atoms with Crippen molar-refractivity contribution in [2.24, 2.45) is 4.99 Å². The zero-order chi connectivity index (χ0) is 16.8. The SMILES string of the molecule is CN=C(NCc1ncccc1C)N1CCN(c2ccccn2)CC1.I. The molecule has 0 atom stereocenters. The van der Waals surface area contributed by atoms with Crippen LogP contribution in [0.4, 0.5) is 5.82 Å². The van der Waals surface area contributed by atoms with E-state index in [4.69, 9.17) is 0 Å². The standard InChI is InChI=1S/C18H24N6.HI/c1-15-6-5-9-20-16(15)14-22-18(19-2)24-12-10-23(11-13-24)17-7-3-4-8-21-17;/h3-9H,10-14H2,1-2H3,(H,19,22);1H. The van der Waals surface area contributed by atoms with Crippen LogP contribution in [0.5, 0.6) is 0 Å². The van der Waals surface area contributed by atoms with Crippen LogP contribution >= 0.6 is 24.0 Å². The fourth-order valence-electron chi connectivity index (χ4n) is 2.89. The molecule has 2 aromatic rings. The van der Waals surface area contributed by atoms with Gasteiger partial charge >= 0.3 is 0 Å². The van der Waals surface area contributed by atoms with Crippen molar-refractivity contribution in [3.8, 4) is 0 Å². The van der Waals surface area contributed by atoms with Gasteiger partial charge in [0.05, 0.1) is 12.2 Å². The average Bonchev–Trinajstić information content (AvgIpc) is 2.65. The third-order valence-electron chi connectivity index (χ3n) is 4.30. The van der Waals surface area contributed by atoms with Gasteiger partial charge in [-0.05, 0) is 30.7 Å². The van der Waals surface area contributed by atoms with Gasteiger partial charge in [0.1, 0.15) is 5.82 Å². The first-order valence-corrected chi connectivity index (χ1v) is 8.30. The smallest absolute Gasteiger partial charge is 0.194 e. The molecule has 3 heterocycles. The minimum atomic E-state index is 0. The first-order chi connectivity index (χ1) is 11.8. The van der Waals surface area contributed by atoms with Gasteiger partial charge < -0.3 is 15.1 Å². The van der Waals surface area contributed by atoms with E-state index >= 15 is 0 Å². The molecule has 0 saturated carbocycles. The number of halogens is 1. The summed E-state index contributed by atoms with van der Waals surface area (Å²) < 4.78 is 0. The van der Waals surface area contributed by atoms with E-state index in [2.05, 4.69) is 49.1 Å². The van der Waals surface area contributed by atoms with E-state index in [1.165, 1.54) is 5.56 Å². The number of hydrogen-bond donors (Lipinski definition) is 1. The van der Waals surface area contributed by atoms with Crippen molar-refractivity contribution in [3.63, 3.8) is 0 Å². The molecule has 1 fully saturated rings. The summed E-state index contributed by atoms with van der Waals surface area (Å²) in [5.41, 5.74) is 2.26. The third-order valence-corrected chi connectivity index (χ3v) is 4.30. The summed E-state index contributed by atoms with van der Waals surface area (Å²) in [5, 5.41) is 3.43. The number of nitrogens with one attached hydrogen (secondary N) is 1. The molecule has 6 nitrogen and oxygen atoms in total. The highest BCUT2D eigenvalue weighted by Gasteiger charge is 2.20. The van der Waals surface area contributed by atoms with Crippen molar-refractivity contribution in [2.45, 2.75) is 13.5 Å². The van der Waals surface area contributed by atoms with Crippen molar-refractivity contribution in [2.75, 3.05) is 38.1 Å². The topological polar surface area (TPSA) is 56.7 Å². The molecule has 1 aliphatic heterocycles. The van der Waals surface area contributed by atoms with Gasteiger partial charge in [-0.15, -0.1) is 24.0 Å². The summed E-state index contributed by atoms with van der Waals surface area (Å²) in [6.45, 7) is 6.52. The predicted octanol–water partition coefficient (Wildman–Crippen LogP) is 2.30. The molecule has 0 radical (unpaired) electrons. The molecule has 134 valence electrons. The van der Waals surface area contributed by atoms with Crippen molar-refractivity contribution >= 4 is 35.8 Å². The Hall–Kier alpha value is -1.90. The number of anilines is 1. The number of nitrogens with zero attached hydrogens (tertiary/aromatic N) is 5. The van der Waals surface area contributed by atoms with E-state index in [9.17, 15) is 0 Å². The van der Waals surface area contributed by atoms with Gasteiger partial charge in [0, 0.05) is 45.6 Å². The van der Waals surface area contributed by atoms with E-state index in [1.54, 1.807) is 0 Å². The molecule has 0 aliphatic carbocycles. The summed E-state index contributed by atoms with van der Waals surface area (Å²) in [7, 11) is 1.83. The maximum absolute atomic E-state index is 4.43. The lowest BCUT2D eigenvalue weighted by Crippen LogP contribution is -2.52. The highest BCUT2D eigenvalue weighted by molar-refractivity contribution is 14.0. The van der Waals surface area contributed by atoms with Gasteiger partial charge in [-0.1, -0.05) is 12.1 Å². The number of aliphatic imine (C=N–C) groups is 1. The zero-order valence-corrected chi connectivity index (χ0v) is 17.1.